The highest BCUT2D eigenvalue weighted by Crippen LogP contribution is 2.36. The average molecular weight is 441 g/mol. The van der Waals surface area contributed by atoms with Gasteiger partial charge in [-0.1, -0.05) is 18.2 Å². The van der Waals surface area contributed by atoms with E-state index >= 15 is 0 Å². The predicted octanol–water partition coefficient (Wildman–Crippen LogP) is 2.56. The Kier molecular flexibility index (Phi) is 7.22. The summed E-state index contributed by atoms with van der Waals surface area (Å²) >= 11 is 0. The van der Waals surface area contributed by atoms with Crippen molar-refractivity contribution in [3.05, 3.63) is 41.6 Å². The van der Waals surface area contributed by atoms with Gasteiger partial charge in [-0.2, -0.15) is 0 Å². The molecule has 2 fully saturated rings. The van der Waals surface area contributed by atoms with Crippen molar-refractivity contribution in [2.75, 3.05) is 33.4 Å². The number of carbonyl (C=O) groups excluding carboxylic acids is 2. The van der Waals surface area contributed by atoms with Crippen LogP contribution in [0.3, 0.4) is 0 Å². The predicted molar refractivity (Wildman–Crippen MR) is 121 cm³/mol. The molecule has 0 bridgehead atoms. The highest BCUT2D eigenvalue weighted by Gasteiger charge is 2.40. The number of methoxy groups -OCH3 is 1. The number of benzene rings is 1. The molecule has 172 valence electrons. The quantitative estimate of drug-likeness (QED) is 0.613. The van der Waals surface area contributed by atoms with Gasteiger partial charge in [-0.15, -0.1) is 0 Å². The molecule has 1 aliphatic carbocycles. The van der Waals surface area contributed by atoms with Gasteiger partial charge in [-0.3, -0.25) is 9.78 Å². The molecule has 2 aliphatic rings. The summed E-state index contributed by atoms with van der Waals surface area (Å²) in [5.41, 5.74) is 2.98. The minimum atomic E-state index is -0.434. The largest absolute Gasteiger partial charge is 0.453 e. The molecule has 0 spiro atoms. The Morgan fingerprint density at radius 1 is 1.34 bits per heavy atom. The first-order valence-electron chi connectivity index (χ1n) is 11.4. The molecule has 2 amide bonds. The smallest absolute Gasteiger partial charge is 0.406 e. The zero-order valence-electron chi connectivity index (χ0n) is 18.8. The third kappa shape index (κ3) is 5.19. The van der Waals surface area contributed by atoms with Crippen LogP contribution in [0.15, 0.2) is 30.3 Å². The molecule has 2 heterocycles. The Labute approximate surface area is 188 Å². The molecular formula is C24H32N4O4. The number of aryl methyl sites for hydroxylation is 1. The molecule has 1 saturated heterocycles. The van der Waals surface area contributed by atoms with Gasteiger partial charge in [-0.05, 0) is 50.3 Å². The second kappa shape index (κ2) is 10.3. The van der Waals surface area contributed by atoms with Crippen molar-refractivity contribution < 1.29 is 19.1 Å². The maximum absolute atomic E-state index is 13.3. The molecule has 1 aromatic heterocycles. The number of carbonyl (C=O) groups is 2. The van der Waals surface area contributed by atoms with Crippen LogP contribution >= 0.6 is 0 Å². The first-order chi connectivity index (χ1) is 15.6. The van der Waals surface area contributed by atoms with Crippen LogP contribution in [-0.4, -0.2) is 67.4 Å². The zero-order valence-corrected chi connectivity index (χ0v) is 18.8. The molecule has 2 aromatic rings. The Morgan fingerprint density at radius 2 is 2.16 bits per heavy atom. The van der Waals surface area contributed by atoms with E-state index in [1.54, 1.807) is 0 Å². The number of nitrogens with zero attached hydrogens (tertiary/aromatic N) is 2. The van der Waals surface area contributed by atoms with Gasteiger partial charge in [0, 0.05) is 31.1 Å². The summed E-state index contributed by atoms with van der Waals surface area (Å²) in [6.45, 7) is 4.49. The lowest BCUT2D eigenvalue weighted by atomic mass is 10.0. The molecule has 1 aromatic carbocycles. The number of hydrogen-bond donors (Lipinski definition) is 2. The first kappa shape index (κ1) is 22.5. The second-order valence-electron chi connectivity index (χ2n) is 8.46. The van der Waals surface area contributed by atoms with Gasteiger partial charge in [0.2, 0.25) is 0 Å². The van der Waals surface area contributed by atoms with E-state index < -0.39 is 12.2 Å². The maximum Gasteiger partial charge on any atom is 0.406 e. The van der Waals surface area contributed by atoms with Crippen LogP contribution < -0.4 is 10.6 Å². The van der Waals surface area contributed by atoms with Crippen molar-refractivity contribution in [3.63, 3.8) is 0 Å². The number of rotatable bonds is 8. The summed E-state index contributed by atoms with van der Waals surface area (Å²) in [5.74, 6) is 0.0472. The molecule has 2 N–H and O–H groups in total. The fourth-order valence-electron chi connectivity index (χ4n) is 4.31. The van der Waals surface area contributed by atoms with Gasteiger partial charge >= 0.3 is 6.09 Å². The van der Waals surface area contributed by atoms with Crippen LogP contribution in [-0.2, 0) is 20.7 Å². The molecule has 32 heavy (non-hydrogen) atoms. The minimum absolute atomic E-state index is 0.0472. The molecule has 1 saturated carbocycles. The number of hydrogen-bond acceptors (Lipinski definition) is 6. The molecule has 8 nitrogen and oxygen atoms in total. The van der Waals surface area contributed by atoms with Crippen molar-refractivity contribution in [3.8, 4) is 0 Å². The third-order valence-corrected chi connectivity index (χ3v) is 6.14. The van der Waals surface area contributed by atoms with E-state index in [1.807, 2.05) is 23.1 Å². The second-order valence-corrected chi connectivity index (χ2v) is 8.46. The fraction of sp³-hybridized carbons (Fsp3) is 0.542. The molecule has 0 radical (unpaired) electrons. The van der Waals surface area contributed by atoms with Gasteiger partial charge in [0.1, 0.15) is 6.10 Å². The Morgan fingerprint density at radius 3 is 2.88 bits per heavy atom. The van der Waals surface area contributed by atoms with Crippen LogP contribution in [0.1, 0.15) is 43.5 Å². The lowest BCUT2D eigenvalue weighted by molar-refractivity contribution is -0.148. The maximum atomic E-state index is 13.3. The number of para-hydroxylation sites is 1. The van der Waals surface area contributed by atoms with Crippen LogP contribution in [0.2, 0.25) is 0 Å². The molecule has 8 heteroatoms. The van der Waals surface area contributed by atoms with Crippen molar-refractivity contribution in [2.45, 2.75) is 50.8 Å². The summed E-state index contributed by atoms with van der Waals surface area (Å²) in [6.07, 6.45) is 2.77. The minimum Gasteiger partial charge on any atom is -0.453 e. The number of amides is 2. The molecule has 0 unspecified atom stereocenters. The number of nitrogens with one attached hydrogen (secondary N) is 2. The van der Waals surface area contributed by atoms with Gasteiger partial charge < -0.3 is 25.0 Å². The highest BCUT2D eigenvalue weighted by molar-refractivity contribution is 5.84. The van der Waals surface area contributed by atoms with Crippen molar-refractivity contribution in [1.82, 2.24) is 20.5 Å². The molecule has 4 rings (SSSR count). The summed E-state index contributed by atoms with van der Waals surface area (Å²) in [5, 5.41) is 7.09. The average Bonchev–Trinajstić information content (AvgIpc) is 3.67. The number of fused-ring (bicyclic) bond motifs is 1. The molecule has 1 aliphatic heterocycles. The van der Waals surface area contributed by atoms with E-state index in [2.05, 4.69) is 34.4 Å². The Balaban J connectivity index is 1.56. The topological polar surface area (TPSA) is 92.8 Å². The van der Waals surface area contributed by atoms with E-state index in [0.717, 1.165) is 48.8 Å². The van der Waals surface area contributed by atoms with E-state index in [0.29, 0.717) is 19.7 Å². The van der Waals surface area contributed by atoms with Crippen molar-refractivity contribution in [1.29, 1.82) is 0 Å². The molecular weight excluding hydrogens is 408 g/mol. The van der Waals surface area contributed by atoms with Crippen molar-refractivity contribution >= 4 is 22.9 Å². The summed E-state index contributed by atoms with van der Waals surface area (Å²) in [4.78, 5) is 31.6. The van der Waals surface area contributed by atoms with Crippen LogP contribution in [0.25, 0.3) is 10.9 Å². The lowest BCUT2D eigenvalue weighted by Crippen LogP contribution is -2.50. The van der Waals surface area contributed by atoms with E-state index in [4.69, 9.17) is 9.72 Å². The van der Waals surface area contributed by atoms with Crippen molar-refractivity contribution in [2.24, 2.45) is 0 Å². The van der Waals surface area contributed by atoms with Crippen LogP contribution in [0.5, 0.6) is 0 Å². The lowest BCUT2D eigenvalue weighted by Gasteiger charge is -2.34. The summed E-state index contributed by atoms with van der Waals surface area (Å²) in [7, 11) is 1.36. The number of ether oxygens (including phenoxy) is 2. The van der Waals surface area contributed by atoms with Crippen LogP contribution in [0.4, 0.5) is 4.79 Å². The first-order valence-corrected chi connectivity index (χ1v) is 11.4. The Bertz CT molecular complexity index is 956. The Hall–Kier alpha value is -2.71. The van der Waals surface area contributed by atoms with Gasteiger partial charge in [0.15, 0.2) is 0 Å². The summed E-state index contributed by atoms with van der Waals surface area (Å²) < 4.78 is 10.4. The van der Waals surface area contributed by atoms with Gasteiger partial charge in [0.25, 0.3) is 5.91 Å². The number of morpholine rings is 1. The third-order valence-electron chi connectivity index (χ3n) is 6.14. The zero-order chi connectivity index (χ0) is 22.5. The normalized spacial score (nSPS) is 19.4. The SMILES string of the molecule is COC(=O)NCCCc1cc([C@@H](C)N(C(=O)[C@H]2CNCCO2)C2CC2)nc2ccccc12. The standard InChI is InChI=1S/C24H32N4O4/c1-16(28(18-9-10-18)23(29)22-15-25-12-13-32-22)21-14-17(6-5-11-26-24(30)31-2)19-7-3-4-8-20(19)27-21/h3-4,7-8,14,16,18,22,25H,5-6,9-13,15H2,1-2H3,(H,26,30)/t16-,22-/m1/s1. The number of pyridine rings is 1. The number of alkyl carbamates (subject to hydrolysis) is 1. The molecule has 2 atom stereocenters. The monoisotopic (exact) mass is 440 g/mol. The summed E-state index contributed by atoms with van der Waals surface area (Å²) in [6, 6.07) is 10.3. The van der Waals surface area contributed by atoms with E-state index in [-0.39, 0.29) is 18.0 Å². The van der Waals surface area contributed by atoms with E-state index in [1.165, 1.54) is 12.7 Å². The fourth-order valence-corrected chi connectivity index (χ4v) is 4.31. The van der Waals surface area contributed by atoms with Gasteiger partial charge in [0.05, 0.1) is 31.0 Å². The van der Waals surface area contributed by atoms with Crippen LogP contribution in [0, 0.1) is 0 Å². The van der Waals surface area contributed by atoms with Gasteiger partial charge in [-0.25, -0.2) is 4.79 Å². The number of aromatic nitrogens is 1. The van der Waals surface area contributed by atoms with E-state index in [9.17, 15) is 9.59 Å². The highest BCUT2D eigenvalue weighted by atomic mass is 16.5.